The van der Waals surface area contributed by atoms with E-state index in [9.17, 15) is 8.78 Å². The SMILES string of the molecule is CN=C(NCCCCC1CCCC1)NCC(F)F.I. The Bertz CT molecular complexity index is 244. The Morgan fingerprint density at radius 3 is 2.47 bits per heavy atom. The molecule has 6 heteroatoms. The number of hydrogen-bond donors (Lipinski definition) is 2. The molecule has 0 atom stereocenters. The number of alkyl halides is 2. The third-order valence-corrected chi connectivity index (χ3v) is 3.45. The number of nitrogens with one attached hydrogen (secondary N) is 2. The lowest BCUT2D eigenvalue weighted by Gasteiger charge is -2.12. The number of hydrogen-bond acceptors (Lipinski definition) is 1. The van der Waals surface area contributed by atoms with Crippen molar-refractivity contribution in [3.63, 3.8) is 0 Å². The van der Waals surface area contributed by atoms with E-state index < -0.39 is 6.43 Å². The van der Waals surface area contributed by atoms with E-state index in [1.807, 2.05) is 0 Å². The van der Waals surface area contributed by atoms with Gasteiger partial charge in [0.1, 0.15) is 0 Å². The highest BCUT2D eigenvalue weighted by Gasteiger charge is 2.13. The third-order valence-electron chi connectivity index (χ3n) is 3.45. The van der Waals surface area contributed by atoms with Gasteiger partial charge in [0.2, 0.25) is 0 Å². The Morgan fingerprint density at radius 2 is 1.89 bits per heavy atom. The standard InChI is InChI=1S/C13H25F2N3.HI/c1-16-13(18-10-12(14)15)17-9-5-4-8-11-6-2-3-7-11;/h11-12H,2-10H2,1H3,(H2,16,17,18);1H. The van der Waals surface area contributed by atoms with Crippen LogP contribution in [0.15, 0.2) is 4.99 Å². The zero-order valence-electron chi connectivity index (χ0n) is 11.6. The molecule has 0 aromatic carbocycles. The van der Waals surface area contributed by atoms with E-state index in [4.69, 9.17) is 0 Å². The lowest BCUT2D eigenvalue weighted by atomic mass is 10.0. The molecule has 0 aliphatic heterocycles. The Hall–Kier alpha value is -0.140. The van der Waals surface area contributed by atoms with Crippen molar-refractivity contribution >= 4 is 29.9 Å². The molecule has 0 unspecified atom stereocenters. The van der Waals surface area contributed by atoms with E-state index in [0.29, 0.717) is 5.96 Å². The van der Waals surface area contributed by atoms with Crippen molar-refractivity contribution in [3.05, 3.63) is 0 Å². The lowest BCUT2D eigenvalue weighted by molar-refractivity contribution is 0.152. The molecule has 0 amide bonds. The highest BCUT2D eigenvalue weighted by Crippen LogP contribution is 2.28. The van der Waals surface area contributed by atoms with Crippen molar-refractivity contribution in [2.24, 2.45) is 10.9 Å². The fraction of sp³-hybridized carbons (Fsp3) is 0.923. The van der Waals surface area contributed by atoms with Gasteiger partial charge < -0.3 is 10.6 Å². The smallest absolute Gasteiger partial charge is 0.255 e. The lowest BCUT2D eigenvalue weighted by Crippen LogP contribution is -2.40. The topological polar surface area (TPSA) is 36.4 Å². The van der Waals surface area contributed by atoms with E-state index >= 15 is 0 Å². The largest absolute Gasteiger partial charge is 0.356 e. The molecule has 0 aromatic rings. The van der Waals surface area contributed by atoms with Gasteiger partial charge in [-0.15, -0.1) is 24.0 Å². The Balaban J connectivity index is 0.00000324. The van der Waals surface area contributed by atoms with Crippen molar-refractivity contribution in [2.75, 3.05) is 20.1 Å². The molecule has 1 aliphatic rings. The summed E-state index contributed by atoms with van der Waals surface area (Å²) < 4.78 is 24.0. The van der Waals surface area contributed by atoms with Crippen LogP contribution in [0, 0.1) is 5.92 Å². The molecule has 19 heavy (non-hydrogen) atoms. The fourth-order valence-electron chi connectivity index (χ4n) is 2.46. The molecule has 1 saturated carbocycles. The highest BCUT2D eigenvalue weighted by atomic mass is 127. The van der Waals surface area contributed by atoms with Gasteiger partial charge in [0.05, 0.1) is 6.54 Å². The van der Waals surface area contributed by atoms with Crippen LogP contribution in [-0.4, -0.2) is 32.5 Å². The quantitative estimate of drug-likeness (QED) is 0.303. The van der Waals surface area contributed by atoms with Crippen LogP contribution in [0.1, 0.15) is 44.9 Å². The van der Waals surface area contributed by atoms with Crippen molar-refractivity contribution in [1.82, 2.24) is 10.6 Å². The van der Waals surface area contributed by atoms with Gasteiger partial charge in [0, 0.05) is 13.6 Å². The van der Waals surface area contributed by atoms with Gasteiger partial charge in [0.15, 0.2) is 5.96 Å². The number of rotatable bonds is 7. The van der Waals surface area contributed by atoms with Gasteiger partial charge in [-0.05, 0) is 12.3 Å². The summed E-state index contributed by atoms with van der Waals surface area (Å²) in [5.41, 5.74) is 0. The zero-order valence-corrected chi connectivity index (χ0v) is 14.0. The van der Waals surface area contributed by atoms with Crippen LogP contribution in [0.5, 0.6) is 0 Å². The molecule has 1 aliphatic carbocycles. The highest BCUT2D eigenvalue weighted by molar-refractivity contribution is 14.0. The summed E-state index contributed by atoms with van der Waals surface area (Å²) in [5, 5.41) is 5.65. The van der Waals surface area contributed by atoms with E-state index in [1.165, 1.54) is 38.5 Å². The summed E-state index contributed by atoms with van der Waals surface area (Å²) in [6.45, 7) is 0.456. The third kappa shape index (κ3) is 9.40. The second-order valence-corrected chi connectivity index (χ2v) is 4.92. The molecule has 0 saturated heterocycles. The zero-order chi connectivity index (χ0) is 13.2. The summed E-state index contributed by atoms with van der Waals surface area (Å²) in [7, 11) is 1.60. The van der Waals surface area contributed by atoms with Crippen LogP contribution in [0.25, 0.3) is 0 Å². The molecule has 114 valence electrons. The molecule has 1 rings (SSSR count). The van der Waals surface area contributed by atoms with Crippen LogP contribution in [0.3, 0.4) is 0 Å². The summed E-state index contributed by atoms with van der Waals surface area (Å²) in [6, 6.07) is 0. The maximum Gasteiger partial charge on any atom is 0.255 e. The molecule has 0 radical (unpaired) electrons. The summed E-state index contributed by atoms with van der Waals surface area (Å²) in [6.07, 6.45) is 6.84. The molecule has 3 nitrogen and oxygen atoms in total. The maximum absolute atomic E-state index is 12.0. The summed E-state index contributed by atoms with van der Waals surface area (Å²) in [5.74, 6) is 1.40. The molecular formula is C13H26F2IN3. The first-order valence-corrected chi connectivity index (χ1v) is 6.95. The number of nitrogens with zero attached hydrogens (tertiary/aromatic N) is 1. The van der Waals surface area contributed by atoms with Gasteiger partial charge in [-0.3, -0.25) is 4.99 Å². The predicted molar refractivity (Wildman–Crippen MR) is 86.6 cm³/mol. The van der Waals surface area contributed by atoms with Crippen LogP contribution < -0.4 is 10.6 Å². The molecular weight excluding hydrogens is 363 g/mol. The van der Waals surface area contributed by atoms with E-state index in [2.05, 4.69) is 15.6 Å². The average molecular weight is 389 g/mol. The maximum atomic E-state index is 12.0. The number of halogens is 3. The predicted octanol–water partition coefficient (Wildman–Crippen LogP) is 3.40. The minimum atomic E-state index is -2.34. The van der Waals surface area contributed by atoms with Gasteiger partial charge in [0.25, 0.3) is 6.43 Å². The monoisotopic (exact) mass is 389 g/mol. The summed E-state index contributed by atoms with van der Waals surface area (Å²) >= 11 is 0. The fourth-order valence-corrected chi connectivity index (χ4v) is 2.46. The molecule has 0 spiro atoms. The van der Waals surface area contributed by atoms with Crippen LogP contribution >= 0.6 is 24.0 Å². The van der Waals surface area contributed by atoms with E-state index in [-0.39, 0.29) is 30.5 Å². The van der Waals surface area contributed by atoms with E-state index in [0.717, 1.165) is 18.9 Å². The number of guanidine groups is 1. The molecule has 0 heterocycles. The van der Waals surface area contributed by atoms with Crippen molar-refractivity contribution in [3.8, 4) is 0 Å². The second-order valence-electron chi connectivity index (χ2n) is 4.92. The first-order valence-electron chi connectivity index (χ1n) is 6.95. The Morgan fingerprint density at radius 1 is 1.21 bits per heavy atom. The molecule has 1 fully saturated rings. The first-order chi connectivity index (χ1) is 8.72. The Labute approximate surface area is 132 Å². The second kappa shape index (κ2) is 11.7. The van der Waals surface area contributed by atoms with Crippen LogP contribution in [0.4, 0.5) is 8.78 Å². The van der Waals surface area contributed by atoms with Crippen molar-refractivity contribution in [1.29, 1.82) is 0 Å². The number of unbranched alkanes of at least 4 members (excludes halogenated alkanes) is 1. The minimum absolute atomic E-state index is 0. The van der Waals surface area contributed by atoms with Crippen LogP contribution in [-0.2, 0) is 0 Å². The molecule has 0 bridgehead atoms. The average Bonchev–Trinajstić information content (AvgIpc) is 2.85. The van der Waals surface area contributed by atoms with E-state index in [1.54, 1.807) is 7.05 Å². The van der Waals surface area contributed by atoms with Crippen molar-refractivity contribution in [2.45, 2.75) is 51.4 Å². The van der Waals surface area contributed by atoms with Gasteiger partial charge in [-0.2, -0.15) is 0 Å². The van der Waals surface area contributed by atoms with Crippen molar-refractivity contribution < 1.29 is 8.78 Å². The minimum Gasteiger partial charge on any atom is -0.356 e. The first kappa shape index (κ1) is 18.9. The molecule has 2 N–H and O–H groups in total. The normalized spacial score (nSPS) is 16.5. The Kier molecular flexibility index (Phi) is 11.6. The van der Waals surface area contributed by atoms with Gasteiger partial charge in [-0.25, -0.2) is 8.78 Å². The van der Waals surface area contributed by atoms with Gasteiger partial charge >= 0.3 is 0 Å². The van der Waals surface area contributed by atoms with Gasteiger partial charge in [-0.1, -0.05) is 38.5 Å². The summed E-state index contributed by atoms with van der Waals surface area (Å²) in [4.78, 5) is 3.90. The molecule has 0 aromatic heterocycles. The number of aliphatic imine (C=N–C) groups is 1. The van der Waals surface area contributed by atoms with Crippen LogP contribution in [0.2, 0.25) is 0 Å².